The number of guanidine groups is 1. The van der Waals surface area contributed by atoms with Crippen LogP contribution in [-0.2, 0) is 17.8 Å². The largest absolute Gasteiger partial charge is 0.357 e. The van der Waals surface area contributed by atoms with E-state index in [0.717, 1.165) is 61.6 Å². The summed E-state index contributed by atoms with van der Waals surface area (Å²) >= 11 is 1.47. The zero-order valence-electron chi connectivity index (χ0n) is 18.8. The van der Waals surface area contributed by atoms with Crippen molar-refractivity contribution in [1.82, 2.24) is 24.5 Å². The van der Waals surface area contributed by atoms with Crippen molar-refractivity contribution in [2.24, 2.45) is 4.99 Å². The van der Waals surface area contributed by atoms with Gasteiger partial charge < -0.3 is 20.0 Å². The molecule has 8 nitrogen and oxygen atoms in total. The summed E-state index contributed by atoms with van der Waals surface area (Å²) in [6.07, 6.45) is 0.862. The molecule has 0 radical (unpaired) electrons. The molecule has 2 aromatic rings. The van der Waals surface area contributed by atoms with Crippen molar-refractivity contribution in [2.75, 3.05) is 50.7 Å². The standard InChI is InChI=1S/C22H33N7OS/c1-4-19-25-22(31-26-19)29-14-12-28(13-15-29)21(23-5-2)24-16-20(30)27(6-3)17-18-10-8-7-9-11-18/h7-11H,4-6,12-17H2,1-3H3,(H,23,24). The maximum atomic E-state index is 12.8. The number of nitrogens with zero attached hydrogens (tertiary/aromatic N) is 6. The Hall–Kier alpha value is -2.68. The summed E-state index contributed by atoms with van der Waals surface area (Å²) in [4.78, 5) is 28.4. The van der Waals surface area contributed by atoms with Crippen molar-refractivity contribution in [2.45, 2.75) is 33.7 Å². The van der Waals surface area contributed by atoms with Gasteiger partial charge in [0.25, 0.3) is 0 Å². The third-order valence-corrected chi connectivity index (χ3v) is 6.09. The van der Waals surface area contributed by atoms with Crippen LogP contribution in [0.3, 0.4) is 0 Å². The fourth-order valence-electron chi connectivity index (χ4n) is 3.47. The van der Waals surface area contributed by atoms with Gasteiger partial charge in [-0.05, 0) is 19.4 Å². The van der Waals surface area contributed by atoms with Crippen LogP contribution in [-0.4, -0.2) is 76.8 Å². The van der Waals surface area contributed by atoms with Crippen LogP contribution in [0.4, 0.5) is 5.13 Å². The molecule has 1 aliphatic heterocycles. The first kappa shape index (κ1) is 23.0. The summed E-state index contributed by atoms with van der Waals surface area (Å²) < 4.78 is 4.39. The maximum absolute atomic E-state index is 12.8. The van der Waals surface area contributed by atoms with Crippen LogP contribution in [0.2, 0.25) is 0 Å². The van der Waals surface area contributed by atoms with E-state index in [1.54, 1.807) is 0 Å². The third kappa shape index (κ3) is 6.40. The molecule has 1 amide bonds. The first-order valence-corrected chi connectivity index (χ1v) is 11.8. The monoisotopic (exact) mass is 443 g/mol. The zero-order chi connectivity index (χ0) is 22.1. The highest BCUT2D eigenvalue weighted by atomic mass is 32.1. The number of aryl methyl sites for hydroxylation is 1. The van der Waals surface area contributed by atoms with Gasteiger partial charge in [0.2, 0.25) is 11.0 Å². The van der Waals surface area contributed by atoms with Gasteiger partial charge in [-0.25, -0.2) is 9.98 Å². The second-order valence-electron chi connectivity index (χ2n) is 7.38. The van der Waals surface area contributed by atoms with Crippen LogP contribution < -0.4 is 10.2 Å². The van der Waals surface area contributed by atoms with Crippen molar-refractivity contribution < 1.29 is 4.79 Å². The van der Waals surface area contributed by atoms with Gasteiger partial charge in [-0.2, -0.15) is 4.37 Å². The normalized spacial score (nSPS) is 14.6. The predicted molar refractivity (Wildman–Crippen MR) is 127 cm³/mol. The number of likely N-dealkylation sites (N-methyl/N-ethyl adjacent to an activating group) is 1. The van der Waals surface area contributed by atoms with Gasteiger partial charge in [0.15, 0.2) is 5.96 Å². The Kier molecular flexibility index (Phi) is 8.63. The van der Waals surface area contributed by atoms with Gasteiger partial charge in [-0.1, -0.05) is 37.3 Å². The lowest BCUT2D eigenvalue weighted by Gasteiger charge is -2.36. The lowest BCUT2D eigenvalue weighted by atomic mass is 10.2. The van der Waals surface area contributed by atoms with E-state index in [1.165, 1.54) is 11.5 Å². The molecule has 1 aliphatic rings. The molecule has 1 N–H and O–H groups in total. The van der Waals surface area contributed by atoms with Crippen LogP contribution in [0.25, 0.3) is 0 Å². The van der Waals surface area contributed by atoms with E-state index >= 15 is 0 Å². The van der Waals surface area contributed by atoms with Crippen molar-refractivity contribution >= 4 is 28.5 Å². The van der Waals surface area contributed by atoms with Crippen LogP contribution in [0.15, 0.2) is 35.3 Å². The van der Waals surface area contributed by atoms with Gasteiger partial charge in [0, 0.05) is 63.8 Å². The molecule has 0 atom stereocenters. The fraction of sp³-hybridized carbons (Fsp3) is 0.545. The molecular weight excluding hydrogens is 410 g/mol. The summed E-state index contributed by atoms with van der Waals surface area (Å²) in [5, 5.41) is 4.34. The molecule has 168 valence electrons. The molecular formula is C22H33N7OS. The molecule has 0 aliphatic carbocycles. The van der Waals surface area contributed by atoms with Gasteiger partial charge in [-0.15, -0.1) is 0 Å². The van der Waals surface area contributed by atoms with Crippen LogP contribution in [0, 0.1) is 0 Å². The lowest BCUT2D eigenvalue weighted by molar-refractivity contribution is -0.130. The minimum absolute atomic E-state index is 0.0429. The average molecular weight is 444 g/mol. The Bertz CT molecular complexity index is 847. The molecule has 3 rings (SSSR count). The van der Waals surface area contributed by atoms with Crippen LogP contribution >= 0.6 is 11.5 Å². The minimum atomic E-state index is 0.0429. The Balaban J connectivity index is 1.57. The number of rotatable bonds is 8. The topological polar surface area (TPSA) is 77.0 Å². The molecule has 2 heterocycles. The first-order valence-electron chi connectivity index (χ1n) is 11.1. The smallest absolute Gasteiger partial charge is 0.244 e. The number of carbonyl (C=O) groups is 1. The Morgan fingerprint density at radius 3 is 2.52 bits per heavy atom. The molecule has 0 unspecified atom stereocenters. The molecule has 1 aromatic carbocycles. The number of hydrogen-bond donors (Lipinski definition) is 1. The number of aromatic nitrogens is 2. The number of nitrogens with one attached hydrogen (secondary N) is 1. The summed E-state index contributed by atoms with van der Waals surface area (Å²) in [7, 11) is 0. The van der Waals surface area contributed by atoms with Crippen molar-refractivity contribution in [3.05, 3.63) is 41.7 Å². The number of carbonyl (C=O) groups excluding carboxylic acids is 1. The van der Waals surface area contributed by atoms with Crippen molar-refractivity contribution in [1.29, 1.82) is 0 Å². The maximum Gasteiger partial charge on any atom is 0.244 e. The highest BCUT2D eigenvalue weighted by Crippen LogP contribution is 2.19. The molecule has 1 saturated heterocycles. The van der Waals surface area contributed by atoms with Crippen molar-refractivity contribution in [3.63, 3.8) is 0 Å². The summed E-state index contributed by atoms with van der Waals surface area (Å²) in [6.45, 7) is 11.7. The molecule has 0 spiro atoms. The van der Waals surface area contributed by atoms with E-state index in [9.17, 15) is 4.79 Å². The summed E-state index contributed by atoms with van der Waals surface area (Å²) in [5.41, 5.74) is 1.13. The number of piperazine rings is 1. The van der Waals surface area contributed by atoms with Gasteiger partial charge in [0.05, 0.1) is 0 Å². The Morgan fingerprint density at radius 1 is 1.16 bits per heavy atom. The zero-order valence-corrected chi connectivity index (χ0v) is 19.6. The average Bonchev–Trinajstić information content (AvgIpc) is 3.30. The first-order chi connectivity index (χ1) is 15.1. The van der Waals surface area contributed by atoms with Gasteiger partial charge in [-0.3, -0.25) is 4.79 Å². The number of aliphatic imine (C=N–C) groups is 1. The number of hydrogen-bond acceptors (Lipinski definition) is 6. The van der Waals surface area contributed by atoms with E-state index in [4.69, 9.17) is 0 Å². The van der Waals surface area contributed by atoms with Crippen LogP contribution in [0.1, 0.15) is 32.2 Å². The SMILES string of the molecule is CCNC(=NCC(=O)N(CC)Cc1ccccc1)N1CCN(c2nc(CC)ns2)CC1. The predicted octanol–water partition coefficient (Wildman–Crippen LogP) is 2.24. The van der Waals surface area contributed by atoms with E-state index in [0.29, 0.717) is 13.1 Å². The summed E-state index contributed by atoms with van der Waals surface area (Å²) in [5.74, 6) is 1.76. The minimum Gasteiger partial charge on any atom is -0.357 e. The van der Waals surface area contributed by atoms with Gasteiger partial charge in [0.1, 0.15) is 12.4 Å². The van der Waals surface area contributed by atoms with Crippen LogP contribution in [0.5, 0.6) is 0 Å². The second-order valence-corrected chi connectivity index (χ2v) is 8.11. The molecule has 31 heavy (non-hydrogen) atoms. The summed E-state index contributed by atoms with van der Waals surface area (Å²) in [6, 6.07) is 10.1. The highest BCUT2D eigenvalue weighted by Gasteiger charge is 2.22. The van der Waals surface area contributed by atoms with Crippen molar-refractivity contribution in [3.8, 4) is 0 Å². The Labute approximate surface area is 189 Å². The lowest BCUT2D eigenvalue weighted by Crippen LogP contribution is -2.52. The van der Waals surface area contributed by atoms with E-state index in [-0.39, 0.29) is 12.5 Å². The quantitative estimate of drug-likeness (QED) is 0.498. The molecule has 0 bridgehead atoms. The van der Waals surface area contributed by atoms with Gasteiger partial charge >= 0.3 is 0 Å². The van der Waals surface area contributed by atoms with E-state index in [2.05, 4.69) is 43.3 Å². The second kappa shape index (κ2) is 11.6. The fourth-order valence-corrected chi connectivity index (χ4v) is 4.28. The highest BCUT2D eigenvalue weighted by molar-refractivity contribution is 7.09. The Morgan fingerprint density at radius 2 is 1.90 bits per heavy atom. The molecule has 1 fully saturated rings. The van der Waals surface area contributed by atoms with E-state index in [1.807, 2.05) is 42.2 Å². The molecule has 9 heteroatoms. The molecule has 0 saturated carbocycles. The third-order valence-electron chi connectivity index (χ3n) is 5.27. The number of benzene rings is 1. The molecule has 1 aromatic heterocycles. The number of amides is 1. The van der Waals surface area contributed by atoms with E-state index < -0.39 is 0 Å². The number of anilines is 1.